The normalized spacial score (nSPS) is 13.0. The number of carbonyl (C=O) groups is 1. The van der Waals surface area contributed by atoms with Crippen LogP contribution < -0.4 is 5.14 Å². The van der Waals surface area contributed by atoms with E-state index in [1.54, 1.807) is 11.8 Å². The largest absolute Gasteiger partial charge is 0.339 e. The van der Waals surface area contributed by atoms with Gasteiger partial charge in [-0.3, -0.25) is 4.79 Å². The second-order valence-corrected chi connectivity index (χ2v) is 6.94. The molecule has 1 atom stereocenters. The molecule has 1 aromatic rings. The van der Waals surface area contributed by atoms with E-state index in [-0.39, 0.29) is 10.8 Å². The summed E-state index contributed by atoms with van der Waals surface area (Å²) < 4.78 is 22.6. The van der Waals surface area contributed by atoms with Crippen LogP contribution in [0.2, 0.25) is 0 Å². The lowest BCUT2D eigenvalue weighted by Crippen LogP contribution is -2.35. The molecule has 1 unspecified atom stereocenters. The minimum absolute atomic E-state index is 0.0292. The number of rotatable bonds is 6. The Balaban J connectivity index is 3.07. The molecule has 1 amide bonds. The first-order valence-electron chi connectivity index (χ1n) is 7.13. The van der Waals surface area contributed by atoms with Crippen LogP contribution in [0.5, 0.6) is 0 Å². The van der Waals surface area contributed by atoms with Crippen LogP contribution in [0.4, 0.5) is 0 Å². The lowest BCUT2D eigenvalue weighted by molar-refractivity contribution is 0.0740. The minimum Gasteiger partial charge on any atom is -0.339 e. The number of benzene rings is 1. The topological polar surface area (TPSA) is 80.5 Å². The number of amides is 1. The molecule has 0 fully saturated rings. The number of primary sulfonamides is 1. The Hall–Kier alpha value is -1.40. The van der Waals surface area contributed by atoms with Gasteiger partial charge in [0.25, 0.3) is 5.91 Å². The van der Waals surface area contributed by atoms with Gasteiger partial charge in [-0.25, -0.2) is 13.6 Å². The van der Waals surface area contributed by atoms with E-state index in [9.17, 15) is 13.2 Å². The van der Waals surface area contributed by atoms with Gasteiger partial charge in [-0.15, -0.1) is 0 Å². The number of hydrogen-bond acceptors (Lipinski definition) is 3. The molecule has 0 aliphatic carbocycles. The number of aryl methyl sites for hydroxylation is 1. The number of carbonyl (C=O) groups excluding carboxylic acids is 1. The van der Waals surface area contributed by atoms with Crippen molar-refractivity contribution in [3.8, 4) is 0 Å². The summed E-state index contributed by atoms with van der Waals surface area (Å²) in [5, 5.41) is 5.10. The van der Waals surface area contributed by atoms with E-state index in [1.807, 2.05) is 6.92 Å². The van der Waals surface area contributed by atoms with Gasteiger partial charge < -0.3 is 4.90 Å². The van der Waals surface area contributed by atoms with Crippen LogP contribution in [-0.4, -0.2) is 32.3 Å². The standard InChI is InChI=1S/C15H24N2O3S/c1-5-11(3)10-17(6-2)15(18)14-8-7-13(9-12(14)4)21(16,19)20/h7-9,11H,5-6,10H2,1-4H3,(H2,16,19,20). The Labute approximate surface area is 127 Å². The molecule has 2 N–H and O–H groups in total. The number of nitrogens with zero attached hydrogens (tertiary/aromatic N) is 1. The fraction of sp³-hybridized carbons (Fsp3) is 0.533. The molecule has 0 saturated carbocycles. The molecular formula is C15H24N2O3S. The first-order valence-corrected chi connectivity index (χ1v) is 8.68. The van der Waals surface area contributed by atoms with E-state index in [2.05, 4.69) is 13.8 Å². The lowest BCUT2D eigenvalue weighted by Gasteiger charge is -2.25. The van der Waals surface area contributed by atoms with Crippen molar-refractivity contribution >= 4 is 15.9 Å². The summed E-state index contributed by atoms with van der Waals surface area (Å²) in [7, 11) is -3.74. The van der Waals surface area contributed by atoms with Crippen molar-refractivity contribution in [2.45, 2.75) is 39.0 Å². The van der Waals surface area contributed by atoms with Gasteiger partial charge in [0.05, 0.1) is 4.90 Å². The van der Waals surface area contributed by atoms with Crippen molar-refractivity contribution in [1.82, 2.24) is 4.90 Å². The highest BCUT2D eigenvalue weighted by Crippen LogP contribution is 2.17. The second-order valence-electron chi connectivity index (χ2n) is 5.38. The molecule has 0 bridgehead atoms. The van der Waals surface area contributed by atoms with Crippen LogP contribution in [0, 0.1) is 12.8 Å². The average Bonchev–Trinajstić information content (AvgIpc) is 2.42. The number of hydrogen-bond donors (Lipinski definition) is 1. The Morgan fingerprint density at radius 1 is 1.33 bits per heavy atom. The third-order valence-corrected chi connectivity index (χ3v) is 4.57. The van der Waals surface area contributed by atoms with Crippen LogP contribution in [-0.2, 0) is 10.0 Å². The SMILES string of the molecule is CCC(C)CN(CC)C(=O)c1ccc(S(N)(=O)=O)cc1C. The van der Waals surface area contributed by atoms with Gasteiger partial charge >= 0.3 is 0 Å². The highest BCUT2D eigenvalue weighted by molar-refractivity contribution is 7.89. The highest BCUT2D eigenvalue weighted by Gasteiger charge is 2.19. The zero-order valence-corrected chi connectivity index (χ0v) is 13.9. The molecular weight excluding hydrogens is 288 g/mol. The quantitative estimate of drug-likeness (QED) is 0.874. The fourth-order valence-corrected chi connectivity index (χ4v) is 2.68. The molecule has 21 heavy (non-hydrogen) atoms. The molecule has 0 heterocycles. The third kappa shape index (κ3) is 4.54. The average molecular weight is 312 g/mol. The first kappa shape index (κ1) is 17.7. The maximum Gasteiger partial charge on any atom is 0.254 e. The maximum absolute atomic E-state index is 12.6. The zero-order valence-electron chi connectivity index (χ0n) is 13.1. The molecule has 1 rings (SSSR count). The van der Waals surface area contributed by atoms with Crippen molar-refractivity contribution in [3.63, 3.8) is 0 Å². The summed E-state index contributed by atoms with van der Waals surface area (Å²) >= 11 is 0. The van der Waals surface area contributed by atoms with Gasteiger partial charge in [0.15, 0.2) is 0 Å². The Bertz CT molecular complexity index is 611. The summed E-state index contributed by atoms with van der Waals surface area (Å²) in [5.74, 6) is 0.356. The van der Waals surface area contributed by atoms with Crippen LogP contribution >= 0.6 is 0 Å². The van der Waals surface area contributed by atoms with E-state index in [1.165, 1.54) is 18.2 Å². The second kappa shape index (κ2) is 7.04. The Morgan fingerprint density at radius 3 is 2.38 bits per heavy atom. The molecule has 0 aliphatic heterocycles. The van der Waals surface area contributed by atoms with E-state index in [0.29, 0.717) is 30.1 Å². The van der Waals surface area contributed by atoms with Crippen LogP contribution in [0.1, 0.15) is 43.1 Å². The Morgan fingerprint density at radius 2 is 1.95 bits per heavy atom. The molecule has 0 aromatic heterocycles. The molecule has 0 aliphatic rings. The summed E-state index contributed by atoms with van der Waals surface area (Å²) in [5.41, 5.74) is 1.14. The van der Waals surface area contributed by atoms with Crippen molar-refractivity contribution in [2.24, 2.45) is 11.1 Å². The van der Waals surface area contributed by atoms with Gasteiger partial charge in [-0.2, -0.15) is 0 Å². The molecule has 6 heteroatoms. The van der Waals surface area contributed by atoms with E-state index in [0.717, 1.165) is 6.42 Å². The molecule has 118 valence electrons. The van der Waals surface area contributed by atoms with Crippen molar-refractivity contribution in [3.05, 3.63) is 29.3 Å². The smallest absolute Gasteiger partial charge is 0.254 e. The number of sulfonamides is 1. The lowest BCUT2D eigenvalue weighted by atomic mass is 10.1. The van der Waals surface area contributed by atoms with Gasteiger partial charge in [0.1, 0.15) is 0 Å². The van der Waals surface area contributed by atoms with Crippen LogP contribution in [0.25, 0.3) is 0 Å². The molecule has 0 spiro atoms. The van der Waals surface area contributed by atoms with Gasteiger partial charge in [-0.05, 0) is 43.5 Å². The van der Waals surface area contributed by atoms with Crippen molar-refractivity contribution in [1.29, 1.82) is 0 Å². The monoisotopic (exact) mass is 312 g/mol. The first-order chi connectivity index (χ1) is 9.70. The minimum atomic E-state index is -3.74. The van der Waals surface area contributed by atoms with Gasteiger partial charge in [0.2, 0.25) is 10.0 Å². The summed E-state index contributed by atoms with van der Waals surface area (Å²) in [6.45, 7) is 9.18. The van der Waals surface area contributed by atoms with Gasteiger partial charge in [0, 0.05) is 18.7 Å². The van der Waals surface area contributed by atoms with E-state index in [4.69, 9.17) is 5.14 Å². The van der Waals surface area contributed by atoms with Crippen LogP contribution in [0.15, 0.2) is 23.1 Å². The molecule has 1 aromatic carbocycles. The summed E-state index contributed by atoms with van der Waals surface area (Å²) in [6, 6.07) is 4.36. The number of nitrogens with two attached hydrogens (primary N) is 1. The Kier molecular flexibility index (Phi) is 5.92. The third-order valence-electron chi connectivity index (χ3n) is 3.65. The van der Waals surface area contributed by atoms with Gasteiger partial charge in [-0.1, -0.05) is 20.3 Å². The van der Waals surface area contributed by atoms with Crippen LogP contribution in [0.3, 0.4) is 0 Å². The van der Waals surface area contributed by atoms with E-state index < -0.39 is 10.0 Å². The molecule has 0 radical (unpaired) electrons. The highest BCUT2D eigenvalue weighted by atomic mass is 32.2. The predicted molar refractivity (Wildman–Crippen MR) is 83.6 cm³/mol. The molecule has 0 saturated heterocycles. The van der Waals surface area contributed by atoms with Crippen molar-refractivity contribution < 1.29 is 13.2 Å². The summed E-state index contributed by atoms with van der Waals surface area (Å²) in [4.78, 5) is 14.4. The zero-order chi connectivity index (χ0) is 16.2. The summed E-state index contributed by atoms with van der Waals surface area (Å²) in [6.07, 6.45) is 1.01. The predicted octanol–water partition coefficient (Wildman–Crippen LogP) is 2.15. The fourth-order valence-electron chi connectivity index (χ4n) is 2.08. The van der Waals surface area contributed by atoms with Crippen molar-refractivity contribution in [2.75, 3.05) is 13.1 Å². The molecule has 5 nitrogen and oxygen atoms in total. The van der Waals surface area contributed by atoms with E-state index >= 15 is 0 Å². The maximum atomic E-state index is 12.6.